The number of carbonyl (C=O) groups is 1. The summed E-state index contributed by atoms with van der Waals surface area (Å²) in [5.74, 6) is 0.819. The normalized spacial score (nSPS) is 13.7. The van der Waals surface area contributed by atoms with Crippen LogP contribution in [-0.4, -0.2) is 34.2 Å². The van der Waals surface area contributed by atoms with Crippen LogP contribution in [0.5, 0.6) is 0 Å². The first kappa shape index (κ1) is 17.5. The van der Waals surface area contributed by atoms with E-state index in [0.29, 0.717) is 22.8 Å². The number of hydrogen-bond donors (Lipinski definition) is 2. The largest absolute Gasteiger partial charge is 0.357 e. The average molecular weight is 382 g/mol. The quantitative estimate of drug-likeness (QED) is 0.707. The number of aromatic amines is 1. The molecule has 2 N–H and O–H groups in total. The molecule has 2 aromatic heterocycles. The molecule has 138 valence electrons. The maximum absolute atomic E-state index is 12.6. The number of pyridine rings is 1. The van der Waals surface area contributed by atoms with Crippen LogP contribution in [-0.2, 0) is 6.54 Å². The number of anilines is 1. The van der Waals surface area contributed by atoms with Crippen molar-refractivity contribution in [3.05, 3.63) is 64.9 Å². The van der Waals surface area contributed by atoms with Crippen LogP contribution in [0.15, 0.2) is 48.8 Å². The van der Waals surface area contributed by atoms with Gasteiger partial charge >= 0.3 is 0 Å². The van der Waals surface area contributed by atoms with Crippen LogP contribution in [0.25, 0.3) is 11.3 Å². The number of amides is 1. The van der Waals surface area contributed by atoms with Gasteiger partial charge in [-0.15, -0.1) is 0 Å². The molecule has 0 unspecified atom stereocenters. The van der Waals surface area contributed by atoms with E-state index in [4.69, 9.17) is 11.6 Å². The molecule has 0 spiro atoms. The highest BCUT2D eigenvalue weighted by molar-refractivity contribution is 6.30. The Morgan fingerprint density at radius 3 is 2.59 bits per heavy atom. The van der Waals surface area contributed by atoms with Gasteiger partial charge in [0.25, 0.3) is 5.91 Å². The first-order chi connectivity index (χ1) is 13.2. The Morgan fingerprint density at radius 1 is 1.11 bits per heavy atom. The van der Waals surface area contributed by atoms with Crippen LogP contribution in [0.4, 0.5) is 5.82 Å². The number of halogens is 1. The Labute approximate surface area is 162 Å². The van der Waals surface area contributed by atoms with Crippen LogP contribution in [0.2, 0.25) is 5.02 Å². The van der Waals surface area contributed by atoms with E-state index in [9.17, 15) is 4.79 Å². The summed E-state index contributed by atoms with van der Waals surface area (Å²) >= 11 is 5.93. The lowest BCUT2D eigenvalue weighted by Crippen LogP contribution is -2.23. The first-order valence-corrected chi connectivity index (χ1v) is 9.36. The summed E-state index contributed by atoms with van der Waals surface area (Å²) in [6.07, 6.45) is 5.80. The van der Waals surface area contributed by atoms with Gasteiger partial charge in [-0.25, -0.2) is 4.98 Å². The summed E-state index contributed by atoms with van der Waals surface area (Å²) in [5, 5.41) is 10.5. The Hall–Kier alpha value is -2.86. The molecule has 1 fully saturated rings. The predicted molar refractivity (Wildman–Crippen MR) is 106 cm³/mol. The van der Waals surface area contributed by atoms with Gasteiger partial charge in [0.05, 0.1) is 17.5 Å². The van der Waals surface area contributed by atoms with Gasteiger partial charge in [-0.1, -0.05) is 29.8 Å². The van der Waals surface area contributed by atoms with E-state index < -0.39 is 0 Å². The number of carbonyl (C=O) groups excluding carboxylic acids is 1. The van der Waals surface area contributed by atoms with Crippen molar-refractivity contribution in [2.45, 2.75) is 19.4 Å². The minimum Gasteiger partial charge on any atom is -0.357 e. The molecule has 1 amide bonds. The number of nitrogens with zero attached hydrogens (tertiary/aromatic N) is 3. The fourth-order valence-corrected chi connectivity index (χ4v) is 3.35. The van der Waals surface area contributed by atoms with Crippen molar-refractivity contribution in [2.24, 2.45) is 0 Å². The maximum Gasteiger partial charge on any atom is 0.255 e. The van der Waals surface area contributed by atoms with Crippen molar-refractivity contribution in [3.8, 4) is 11.3 Å². The van der Waals surface area contributed by atoms with Crippen molar-refractivity contribution < 1.29 is 4.79 Å². The van der Waals surface area contributed by atoms with E-state index in [1.165, 1.54) is 19.0 Å². The van der Waals surface area contributed by atoms with Gasteiger partial charge in [0.15, 0.2) is 0 Å². The Kier molecular flexibility index (Phi) is 5.07. The minimum atomic E-state index is -0.183. The highest BCUT2D eigenvalue weighted by Gasteiger charge is 2.16. The monoisotopic (exact) mass is 381 g/mol. The van der Waals surface area contributed by atoms with E-state index in [2.05, 4.69) is 25.4 Å². The molecular weight excluding hydrogens is 362 g/mol. The number of benzene rings is 1. The molecule has 27 heavy (non-hydrogen) atoms. The molecule has 4 rings (SSSR count). The molecule has 0 saturated carbocycles. The predicted octanol–water partition coefficient (Wildman–Crippen LogP) is 3.66. The lowest BCUT2D eigenvalue weighted by molar-refractivity contribution is 0.0951. The topological polar surface area (TPSA) is 73.9 Å². The van der Waals surface area contributed by atoms with Crippen LogP contribution in [0.3, 0.4) is 0 Å². The highest BCUT2D eigenvalue weighted by Crippen LogP contribution is 2.23. The van der Waals surface area contributed by atoms with Crippen molar-refractivity contribution in [3.63, 3.8) is 0 Å². The summed E-state index contributed by atoms with van der Waals surface area (Å²) in [7, 11) is 0. The molecule has 3 aromatic rings. The number of hydrogen-bond acceptors (Lipinski definition) is 4. The molecule has 0 aliphatic carbocycles. The standard InChI is InChI=1S/C20H20ClN5O/c21-16-6-4-15(5-7-16)19-17(13-24-25-19)20(27)23-12-14-3-8-18(22-11-14)26-9-1-2-10-26/h3-8,11,13H,1-2,9-10,12H2,(H,23,27)(H,24,25). The zero-order valence-corrected chi connectivity index (χ0v) is 15.5. The number of aromatic nitrogens is 3. The molecule has 0 atom stereocenters. The number of rotatable bonds is 5. The van der Waals surface area contributed by atoms with Gasteiger partial charge in [-0.2, -0.15) is 5.10 Å². The Morgan fingerprint density at radius 2 is 1.89 bits per heavy atom. The van der Waals surface area contributed by atoms with Crippen LogP contribution in [0.1, 0.15) is 28.8 Å². The third-order valence-corrected chi connectivity index (χ3v) is 4.96. The lowest BCUT2D eigenvalue weighted by Gasteiger charge is -2.16. The van der Waals surface area contributed by atoms with E-state index in [1.54, 1.807) is 12.1 Å². The van der Waals surface area contributed by atoms with E-state index >= 15 is 0 Å². The minimum absolute atomic E-state index is 0.183. The number of nitrogens with one attached hydrogen (secondary N) is 2. The lowest BCUT2D eigenvalue weighted by atomic mass is 10.1. The highest BCUT2D eigenvalue weighted by atomic mass is 35.5. The van der Waals surface area contributed by atoms with Gasteiger partial charge in [-0.05, 0) is 36.6 Å². The summed E-state index contributed by atoms with van der Waals surface area (Å²) in [4.78, 5) is 19.4. The molecule has 0 bridgehead atoms. The summed E-state index contributed by atoms with van der Waals surface area (Å²) in [6, 6.07) is 11.3. The fourth-order valence-electron chi connectivity index (χ4n) is 3.23. The van der Waals surface area contributed by atoms with Crippen molar-refractivity contribution in [1.29, 1.82) is 0 Å². The number of H-pyrrole nitrogens is 1. The molecule has 1 aliphatic rings. The third-order valence-electron chi connectivity index (χ3n) is 4.71. The summed E-state index contributed by atoms with van der Waals surface area (Å²) in [5.41, 5.74) is 2.99. The van der Waals surface area contributed by atoms with Gasteiger partial charge in [-0.3, -0.25) is 9.89 Å². The van der Waals surface area contributed by atoms with Crippen LogP contribution < -0.4 is 10.2 Å². The SMILES string of the molecule is O=C(NCc1ccc(N2CCCC2)nc1)c1cn[nH]c1-c1ccc(Cl)cc1. The van der Waals surface area contributed by atoms with E-state index in [-0.39, 0.29) is 5.91 Å². The van der Waals surface area contributed by atoms with Gasteiger partial charge in [0.2, 0.25) is 0 Å². The maximum atomic E-state index is 12.6. The molecule has 1 aliphatic heterocycles. The third kappa shape index (κ3) is 3.95. The van der Waals surface area contributed by atoms with Crippen LogP contribution in [0, 0.1) is 0 Å². The molecule has 0 radical (unpaired) electrons. The van der Waals surface area contributed by atoms with Crippen molar-refractivity contribution in [1.82, 2.24) is 20.5 Å². The second-order valence-corrected chi connectivity index (χ2v) is 7.00. The summed E-state index contributed by atoms with van der Waals surface area (Å²) in [6.45, 7) is 2.55. The average Bonchev–Trinajstić information content (AvgIpc) is 3.39. The van der Waals surface area contributed by atoms with E-state index in [1.807, 2.05) is 30.5 Å². The van der Waals surface area contributed by atoms with Gasteiger partial charge in [0.1, 0.15) is 5.82 Å². The van der Waals surface area contributed by atoms with Gasteiger partial charge < -0.3 is 10.2 Å². The summed E-state index contributed by atoms with van der Waals surface area (Å²) < 4.78 is 0. The second kappa shape index (κ2) is 7.80. The smallest absolute Gasteiger partial charge is 0.255 e. The molecule has 1 aromatic carbocycles. The molecule has 1 saturated heterocycles. The molecule has 6 nitrogen and oxygen atoms in total. The van der Waals surface area contributed by atoms with Crippen molar-refractivity contribution in [2.75, 3.05) is 18.0 Å². The second-order valence-electron chi connectivity index (χ2n) is 6.57. The zero-order valence-electron chi connectivity index (χ0n) is 14.8. The molecule has 7 heteroatoms. The Bertz CT molecular complexity index is 914. The van der Waals surface area contributed by atoms with Crippen molar-refractivity contribution >= 4 is 23.3 Å². The van der Waals surface area contributed by atoms with Crippen LogP contribution >= 0.6 is 11.6 Å². The zero-order chi connectivity index (χ0) is 18.6. The fraction of sp³-hybridized carbons (Fsp3) is 0.250. The first-order valence-electron chi connectivity index (χ1n) is 8.98. The van der Waals surface area contributed by atoms with E-state index in [0.717, 1.165) is 30.0 Å². The molecule has 3 heterocycles. The Balaban J connectivity index is 1.41. The van der Waals surface area contributed by atoms with Gasteiger partial charge in [0, 0.05) is 36.4 Å². The molecular formula is C20H20ClN5O.